The van der Waals surface area contributed by atoms with E-state index >= 15 is 0 Å². The first kappa shape index (κ1) is 12.4. The van der Waals surface area contributed by atoms with Crippen LogP contribution in [0.25, 0.3) is 0 Å². The molecule has 0 amide bonds. The molecule has 2 rings (SSSR count). The fraction of sp³-hybridized carbons (Fsp3) is 0.364. The van der Waals surface area contributed by atoms with Gasteiger partial charge < -0.3 is 0 Å². The number of benzene rings is 1. The maximum atomic E-state index is 12.7. The third kappa shape index (κ3) is 2.43. The van der Waals surface area contributed by atoms with E-state index in [4.69, 9.17) is 5.26 Å². The highest BCUT2D eigenvalue weighted by Crippen LogP contribution is 2.30. The molecule has 1 heterocycles. The molecular weight excluding hydrogens is 244 g/mol. The van der Waals surface area contributed by atoms with Crippen molar-refractivity contribution < 1.29 is 13.7 Å². The van der Waals surface area contributed by atoms with Crippen LogP contribution in [0.1, 0.15) is 11.1 Å². The molecule has 1 aliphatic rings. The number of rotatable bonds is 3. The summed E-state index contributed by atoms with van der Waals surface area (Å²) in [7, 11) is 0. The van der Waals surface area contributed by atoms with Crippen molar-refractivity contribution >= 4 is 5.69 Å². The molecule has 18 heavy (non-hydrogen) atoms. The summed E-state index contributed by atoms with van der Waals surface area (Å²) in [6.45, 7) is -0.675. The summed E-state index contributed by atoms with van der Waals surface area (Å²) in [4.78, 5) is 11.7. The fourth-order valence-electron chi connectivity index (χ4n) is 1.90. The van der Waals surface area contributed by atoms with Gasteiger partial charge in [-0.05, 0) is 12.1 Å². The second-order valence-electron chi connectivity index (χ2n) is 4.21. The molecule has 1 saturated heterocycles. The van der Waals surface area contributed by atoms with Crippen LogP contribution >= 0.6 is 0 Å². The maximum Gasteiger partial charge on any atom is 0.275 e. The highest BCUT2D eigenvalue weighted by atomic mass is 19.3. The number of nitro groups is 1. The molecule has 0 saturated carbocycles. The molecule has 0 N–H and O–H groups in total. The van der Waals surface area contributed by atoms with E-state index in [0.717, 1.165) is 6.07 Å². The van der Waals surface area contributed by atoms with Gasteiger partial charge in [0.1, 0.15) is 0 Å². The average molecular weight is 253 g/mol. The molecule has 0 bridgehead atoms. The Balaban J connectivity index is 2.18. The highest BCUT2D eigenvalue weighted by Gasteiger charge is 2.43. The summed E-state index contributed by atoms with van der Waals surface area (Å²) in [5, 5.41) is 19.5. The average Bonchev–Trinajstić information content (AvgIpc) is 2.26. The molecule has 1 fully saturated rings. The quantitative estimate of drug-likeness (QED) is 0.609. The number of nitrogens with zero attached hydrogens (tertiary/aromatic N) is 3. The first-order valence-electron chi connectivity index (χ1n) is 5.19. The van der Waals surface area contributed by atoms with E-state index in [1.165, 1.54) is 17.0 Å². The first-order chi connectivity index (χ1) is 8.41. The predicted molar refractivity (Wildman–Crippen MR) is 58.0 cm³/mol. The number of alkyl halides is 2. The third-order valence-corrected chi connectivity index (χ3v) is 2.71. The van der Waals surface area contributed by atoms with Gasteiger partial charge in [-0.25, -0.2) is 8.78 Å². The number of halogens is 2. The van der Waals surface area contributed by atoms with Crippen molar-refractivity contribution in [2.45, 2.75) is 12.5 Å². The molecule has 0 radical (unpaired) electrons. The molecule has 1 aromatic carbocycles. The van der Waals surface area contributed by atoms with Gasteiger partial charge in [-0.3, -0.25) is 15.0 Å². The predicted octanol–water partition coefficient (Wildman–Crippen LogP) is 1.92. The van der Waals surface area contributed by atoms with Gasteiger partial charge in [-0.2, -0.15) is 5.26 Å². The van der Waals surface area contributed by atoms with E-state index in [9.17, 15) is 18.9 Å². The Morgan fingerprint density at radius 2 is 2.17 bits per heavy atom. The van der Waals surface area contributed by atoms with Crippen molar-refractivity contribution in [3.05, 3.63) is 39.4 Å². The summed E-state index contributed by atoms with van der Waals surface area (Å²) in [6, 6.07) is 5.85. The van der Waals surface area contributed by atoms with Crippen LogP contribution in [-0.4, -0.2) is 28.8 Å². The topological polar surface area (TPSA) is 70.2 Å². The molecule has 5 nitrogen and oxygen atoms in total. The summed E-state index contributed by atoms with van der Waals surface area (Å²) < 4.78 is 25.3. The Hall–Kier alpha value is -2.07. The van der Waals surface area contributed by atoms with E-state index in [1.807, 2.05) is 0 Å². The van der Waals surface area contributed by atoms with Crippen molar-refractivity contribution in [1.82, 2.24) is 4.90 Å². The van der Waals surface area contributed by atoms with Crippen molar-refractivity contribution in [3.63, 3.8) is 0 Å². The van der Waals surface area contributed by atoms with Gasteiger partial charge in [0.15, 0.2) is 0 Å². The van der Waals surface area contributed by atoms with Gasteiger partial charge in [-0.15, -0.1) is 0 Å². The highest BCUT2D eigenvalue weighted by molar-refractivity contribution is 5.47. The Bertz CT molecular complexity index is 532. The monoisotopic (exact) mass is 253 g/mol. The molecular formula is C11H9F2N3O2. The summed E-state index contributed by atoms with van der Waals surface area (Å²) in [5.41, 5.74) is 0.318. The SMILES string of the molecule is N#Cc1ccc(CN2CC(F)(F)C2)c([N+](=O)[O-])c1. The second-order valence-corrected chi connectivity index (χ2v) is 4.21. The summed E-state index contributed by atoms with van der Waals surface area (Å²) >= 11 is 0. The van der Waals surface area contributed by atoms with Crippen LogP contribution in [0, 0.1) is 21.4 Å². The zero-order valence-corrected chi connectivity index (χ0v) is 9.27. The minimum Gasteiger partial charge on any atom is -0.287 e. The van der Waals surface area contributed by atoms with Crippen LogP contribution in [-0.2, 0) is 6.54 Å². The lowest BCUT2D eigenvalue weighted by atomic mass is 10.1. The lowest BCUT2D eigenvalue weighted by Crippen LogP contribution is -2.55. The molecule has 94 valence electrons. The lowest BCUT2D eigenvalue weighted by molar-refractivity contribution is -0.385. The maximum absolute atomic E-state index is 12.7. The van der Waals surface area contributed by atoms with Crippen LogP contribution in [0.4, 0.5) is 14.5 Å². The number of hydrogen-bond acceptors (Lipinski definition) is 4. The van der Waals surface area contributed by atoms with Crippen LogP contribution in [0.15, 0.2) is 18.2 Å². The molecule has 0 unspecified atom stereocenters. The number of likely N-dealkylation sites (tertiary alicyclic amines) is 1. The van der Waals surface area contributed by atoms with E-state index in [2.05, 4.69) is 0 Å². The van der Waals surface area contributed by atoms with Crippen molar-refractivity contribution in [2.24, 2.45) is 0 Å². The number of nitro benzene ring substituents is 1. The van der Waals surface area contributed by atoms with Gasteiger partial charge in [0.05, 0.1) is 29.6 Å². The van der Waals surface area contributed by atoms with E-state index in [0.29, 0.717) is 5.56 Å². The molecule has 0 aromatic heterocycles. The first-order valence-corrected chi connectivity index (χ1v) is 5.19. The fourth-order valence-corrected chi connectivity index (χ4v) is 1.90. The minimum absolute atomic E-state index is 0.0949. The largest absolute Gasteiger partial charge is 0.287 e. The Labute approximate surface area is 101 Å². The standard InChI is InChI=1S/C11H9F2N3O2/c12-11(13)6-15(7-11)5-9-2-1-8(4-14)3-10(9)16(17)18/h1-3H,5-7H2. The number of hydrogen-bond donors (Lipinski definition) is 0. The molecule has 1 aromatic rings. The van der Waals surface area contributed by atoms with Crippen molar-refractivity contribution in [1.29, 1.82) is 5.26 Å². The van der Waals surface area contributed by atoms with E-state index in [-0.39, 0.29) is 30.9 Å². The van der Waals surface area contributed by atoms with Gasteiger partial charge in [-0.1, -0.05) is 0 Å². The van der Waals surface area contributed by atoms with Gasteiger partial charge in [0.25, 0.3) is 11.6 Å². The molecule has 0 aliphatic carbocycles. The minimum atomic E-state index is -2.69. The molecule has 1 aliphatic heterocycles. The molecule has 0 spiro atoms. The van der Waals surface area contributed by atoms with Gasteiger partial charge >= 0.3 is 0 Å². The van der Waals surface area contributed by atoms with Gasteiger partial charge in [0, 0.05) is 18.2 Å². The summed E-state index contributed by atoms with van der Waals surface area (Å²) in [5.74, 6) is -2.69. The van der Waals surface area contributed by atoms with Crippen molar-refractivity contribution in [3.8, 4) is 6.07 Å². The molecule has 7 heteroatoms. The second kappa shape index (κ2) is 4.31. The summed E-state index contributed by atoms with van der Waals surface area (Å²) in [6.07, 6.45) is 0. The van der Waals surface area contributed by atoms with Crippen molar-refractivity contribution in [2.75, 3.05) is 13.1 Å². The van der Waals surface area contributed by atoms with Crippen LogP contribution in [0.3, 0.4) is 0 Å². The Kier molecular flexibility index (Phi) is 2.97. The Morgan fingerprint density at radius 3 is 2.67 bits per heavy atom. The zero-order valence-electron chi connectivity index (χ0n) is 9.27. The third-order valence-electron chi connectivity index (χ3n) is 2.71. The zero-order chi connectivity index (χ0) is 13.3. The van der Waals surface area contributed by atoms with E-state index < -0.39 is 10.8 Å². The van der Waals surface area contributed by atoms with Crippen LogP contribution in [0.2, 0.25) is 0 Å². The Morgan fingerprint density at radius 1 is 1.50 bits per heavy atom. The number of nitriles is 1. The van der Waals surface area contributed by atoms with Crippen LogP contribution < -0.4 is 0 Å². The molecule has 0 atom stereocenters. The van der Waals surface area contributed by atoms with Gasteiger partial charge in [0.2, 0.25) is 0 Å². The van der Waals surface area contributed by atoms with E-state index in [1.54, 1.807) is 6.07 Å². The normalized spacial score (nSPS) is 17.8. The van der Waals surface area contributed by atoms with Crippen LogP contribution in [0.5, 0.6) is 0 Å². The lowest BCUT2D eigenvalue weighted by Gasteiger charge is -2.38. The smallest absolute Gasteiger partial charge is 0.275 e.